The number of likely N-dealkylation sites (tertiary alicyclic amines) is 1. The van der Waals surface area contributed by atoms with Crippen LogP contribution in [0.1, 0.15) is 76.0 Å². The van der Waals surface area contributed by atoms with Gasteiger partial charge in [-0.25, -0.2) is 4.98 Å². The second kappa shape index (κ2) is 10.3. The number of carbonyl (C=O) groups excluding carboxylic acids is 1. The first-order chi connectivity index (χ1) is 19.8. The van der Waals surface area contributed by atoms with Gasteiger partial charge in [0.15, 0.2) is 17.3 Å². The second-order valence-electron chi connectivity index (χ2n) is 13.3. The lowest BCUT2D eigenvalue weighted by Gasteiger charge is -2.40. The maximum absolute atomic E-state index is 13.2. The van der Waals surface area contributed by atoms with E-state index in [9.17, 15) is 4.79 Å². The molecule has 4 fully saturated rings. The Morgan fingerprint density at radius 2 is 1.90 bits per heavy atom. The molecule has 0 radical (unpaired) electrons. The van der Waals surface area contributed by atoms with Crippen molar-refractivity contribution in [2.24, 2.45) is 0 Å². The zero-order chi connectivity index (χ0) is 28.4. The van der Waals surface area contributed by atoms with E-state index in [2.05, 4.69) is 40.9 Å². The van der Waals surface area contributed by atoms with Crippen LogP contribution in [0.25, 0.3) is 11.5 Å². The van der Waals surface area contributed by atoms with E-state index in [1.54, 1.807) is 7.11 Å². The molecule has 0 N–H and O–H groups in total. The minimum absolute atomic E-state index is 0.0765. The summed E-state index contributed by atoms with van der Waals surface area (Å²) in [6, 6.07) is 2.24. The monoisotopic (exact) mass is 564 g/mol. The molecule has 2 saturated heterocycles. The summed E-state index contributed by atoms with van der Waals surface area (Å²) in [5.41, 5.74) is 1.41. The molecule has 2 aliphatic heterocycles. The van der Waals surface area contributed by atoms with E-state index in [0.29, 0.717) is 29.6 Å². The van der Waals surface area contributed by atoms with E-state index in [0.717, 1.165) is 88.3 Å². The molecule has 5 aliphatic rings. The highest BCUT2D eigenvalue weighted by atomic mass is 16.5. The molecule has 2 spiro atoms. The number of Topliss-reactive ketones (excluding diaryl/α,β-unsaturated/α-hetero) is 1. The summed E-state index contributed by atoms with van der Waals surface area (Å²) >= 11 is 0. The average molecular weight is 565 g/mol. The molecule has 0 aromatic carbocycles. The van der Waals surface area contributed by atoms with E-state index in [-0.39, 0.29) is 23.8 Å². The van der Waals surface area contributed by atoms with E-state index in [4.69, 9.17) is 24.0 Å². The molecule has 0 amide bonds. The molecule has 3 aliphatic carbocycles. The summed E-state index contributed by atoms with van der Waals surface area (Å²) in [6.45, 7) is 5.86. The topological polar surface area (TPSA) is 97.1 Å². The molecule has 4 heterocycles. The van der Waals surface area contributed by atoms with Crippen molar-refractivity contribution in [1.29, 1.82) is 0 Å². The predicted molar refractivity (Wildman–Crippen MR) is 154 cm³/mol. The van der Waals surface area contributed by atoms with Gasteiger partial charge in [0.05, 0.1) is 11.5 Å². The van der Waals surface area contributed by atoms with Crippen molar-refractivity contribution >= 4 is 11.6 Å². The minimum Gasteiger partial charge on any atom is -0.473 e. The first kappa shape index (κ1) is 27.3. The van der Waals surface area contributed by atoms with Crippen LogP contribution < -0.4 is 9.64 Å². The Labute approximate surface area is 242 Å². The summed E-state index contributed by atoms with van der Waals surface area (Å²) in [6.07, 6.45) is 9.62. The summed E-state index contributed by atoms with van der Waals surface area (Å²) < 4.78 is 18.3. The quantitative estimate of drug-likeness (QED) is 0.518. The SMILES string of the molecule is CO[C@@H]1C[C@@H]([C@H](C)Oc2cc(N3CCN(C)C4(CC4)C3)nc(-c3noc4c3CCC[C@@]43CCCCC3=O)n2)N(C)C1. The summed E-state index contributed by atoms with van der Waals surface area (Å²) in [5, 5.41) is 4.56. The highest BCUT2D eigenvalue weighted by Crippen LogP contribution is 2.48. The number of fused-ring (bicyclic) bond motifs is 2. The van der Waals surface area contributed by atoms with Crippen molar-refractivity contribution in [1.82, 2.24) is 24.9 Å². The molecule has 222 valence electrons. The molecular weight excluding hydrogens is 520 g/mol. The van der Waals surface area contributed by atoms with Gasteiger partial charge in [-0.3, -0.25) is 14.6 Å². The number of piperazine rings is 1. The van der Waals surface area contributed by atoms with Crippen molar-refractivity contribution in [2.75, 3.05) is 52.3 Å². The van der Waals surface area contributed by atoms with Gasteiger partial charge >= 0.3 is 0 Å². The summed E-state index contributed by atoms with van der Waals surface area (Å²) in [5.74, 6) is 3.05. The number of methoxy groups -OCH3 is 1. The van der Waals surface area contributed by atoms with Crippen LogP contribution in [0.15, 0.2) is 10.6 Å². The average Bonchev–Trinajstić information content (AvgIpc) is 3.42. The highest BCUT2D eigenvalue weighted by molar-refractivity contribution is 5.91. The predicted octanol–water partition coefficient (Wildman–Crippen LogP) is 3.62. The largest absolute Gasteiger partial charge is 0.473 e. The van der Waals surface area contributed by atoms with Gasteiger partial charge < -0.3 is 18.9 Å². The van der Waals surface area contributed by atoms with Crippen LogP contribution in [0, 0.1) is 0 Å². The Hall–Kier alpha value is -2.56. The number of ether oxygens (including phenoxy) is 2. The van der Waals surface area contributed by atoms with Crippen molar-refractivity contribution in [3.63, 3.8) is 0 Å². The van der Waals surface area contributed by atoms with Gasteiger partial charge in [-0.2, -0.15) is 4.98 Å². The van der Waals surface area contributed by atoms with Crippen LogP contribution in [0.4, 0.5) is 5.82 Å². The zero-order valence-electron chi connectivity index (χ0n) is 25.0. The van der Waals surface area contributed by atoms with Gasteiger partial charge in [-0.05, 0) is 72.4 Å². The Bertz CT molecular complexity index is 1310. The molecule has 2 saturated carbocycles. The van der Waals surface area contributed by atoms with E-state index in [1.807, 2.05) is 6.07 Å². The van der Waals surface area contributed by atoms with Gasteiger partial charge in [0.1, 0.15) is 17.7 Å². The molecule has 0 unspecified atom stereocenters. The number of rotatable bonds is 6. The Balaban J connectivity index is 1.25. The van der Waals surface area contributed by atoms with Crippen LogP contribution in [0.2, 0.25) is 0 Å². The fourth-order valence-electron chi connectivity index (χ4n) is 8.02. The molecule has 2 aromatic rings. The molecule has 10 heteroatoms. The number of aromatic nitrogens is 3. The van der Waals surface area contributed by atoms with Crippen molar-refractivity contribution < 1.29 is 18.8 Å². The van der Waals surface area contributed by atoms with E-state index < -0.39 is 5.41 Å². The third kappa shape index (κ3) is 4.66. The number of anilines is 1. The normalized spacial score (nSPS) is 30.6. The van der Waals surface area contributed by atoms with Crippen molar-refractivity contribution in [3.8, 4) is 17.4 Å². The fourth-order valence-corrected chi connectivity index (χ4v) is 8.02. The van der Waals surface area contributed by atoms with Crippen LogP contribution in [0.5, 0.6) is 5.88 Å². The number of hydrogen-bond donors (Lipinski definition) is 0. The molecule has 0 bridgehead atoms. The Morgan fingerprint density at radius 3 is 2.66 bits per heavy atom. The standard InChI is InChI=1S/C31H44N6O4/c1-20(23-16-21(39-4)18-35(23)2)40-26-17-25(37-15-14-36(3)30(19-37)12-13-30)32-29(33-26)27-22-8-7-11-31(28(22)41-34-27)10-6-5-9-24(31)38/h17,20-21,23H,5-16,18-19H2,1-4H3/t20-,21+,23-,31+/m0/s1. The first-order valence-corrected chi connectivity index (χ1v) is 15.6. The lowest BCUT2D eigenvalue weighted by Crippen LogP contribution is -2.53. The molecule has 10 nitrogen and oxygen atoms in total. The molecule has 4 atom stereocenters. The van der Waals surface area contributed by atoms with Crippen LogP contribution in [0.3, 0.4) is 0 Å². The third-order valence-corrected chi connectivity index (χ3v) is 10.8. The maximum atomic E-state index is 13.2. The van der Waals surface area contributed by atoms with E-state index >= 15 is 0 Å². The van der Waals surface area contributed by atoms with Crippen LogP contribution in [-0.4, -0.2) is 102 Å². The van der Waals surface area contributed by atoms with Crippen LogP contribution in [-0.2, 0) is 21.4 Å². The molecule has 2 aromatic heterocycles. The van der Waals surface area contributed by atoms with Gasteiger partial charge in [0.25, 0.3) is 0 Å². The van der Waals surface area contributed by atoms with Crippen molar-refractivity contribution in [3.05, 3.63) is 17.4 Å². The second-order valence-corrected chi connectivity index (χ2v) is 13.3. The molecular formula is C31H44N6O4. The Morgan fingerprint density at radius 1 is 1.07 bits per heavy atom. The Kier molecular flexibility index (Phi) is 6.86. The third-order valence-electron chi connectivity index (χ3n) is 10.8. The van der Waals surface area contributed by atoms with Crippen LogP contribution >= 0.6 is 0 Å². The maximum Gasteiger partial charge on any atom is 0.219 e. The van der Waals surface area contributed by atoms with E-state index in [1.165, 1.54) is 12.8 Å². The van der Waals surface area contributed by atoms with Gasteiger partial charge in [0.2, 0.25) is 5.88 Å². The lowest BCUT2D eigenvalue weighted by atomic mass is 9.64. The number of likely N-dealkylation sites (N-methyl/N-ethyl adjacent to an activating group) is 2. The molecule has 41 heavy (non-hydrogen) atoms. The summed E-state index contributed by atoms with van der Waals surface area (Å²) in [4.78, 5) is 30.5. The highest BCUT2D eigenvalue weighted by Gasteiger charge is 2.50. The van der Waals surface area contributed by atoms with Crippen molar-refractivity contribution in [2.45, 2.75) is 100 Å². The minimum atomic E-state index is -0.525. The molecule has 7 rings (SSSR count). The fraction of sp³-hybridized carbons (Fsp3) is 0.742. The smallest absolute Gasteiger partial charge is 0.219 e. The first-order valence-electron chi connectivity index (χ1n) is 15.6. The lowest BCUT2D eigenvalue weighted by molar-refractivity contribution is -0.128. The van der Waals surface area contributed by atoms with Gasteiger partial charge in [0, 0.05) is 62.9 Å². The number of ketones is 1. The number of hydrogen-bond acceptors (Lipinski definition) is 10. The number of nitrogens with zero attached hydrogens (tertiary/aromatic N) is 6. The van der Waals surface area contributed by atoms with Gasteiger partial charge in [-0.1, -0.05) is 11.6 Å². The van der Waals surface area contributed by atoms with Gasteiger partial charge in [-0.15, -0.1) is 0 Å². The number of carbonyl (C=O) groups is 1. The zero-order valence-corrected chi connectivity index (χ0v) is 25.0. The summed E-state index contributed by atoms with van der Waals surface area (Å²) in [7, 11) is 6.15.